The normalized spacial score (nSPS) is 18.2. The Balaban J connectivity index is 2.05. The van der Waals surface area contributed by atoms with Crippen LogP contribution in [0.5, 0.6) is 0 Å². The molecule has 2 N–H and O–H groups in total. The lowest BCUT2D eigenvalue weighted by Crippen LogP contribution is -2.35. The summed E-state index contributed by atoms with van der Waals surface area (Å²) in [7, 11) is -0.952. The summed E-state index contributed by atoms with van der Waals surface area (Å²) >= 11 is 0. The van der Waals surface area contributed by atoms with Gasteiger partial charge in [-0.25, -0.2) is 21.9 Å². The topological polar surface area (TPSA) is 87.7 Å². The van der Waals surface area contributed by atoms with Gasteiger partial charge in [-0.05, 0) is 31.0 Å². The zero-order chi connectivity index (χ0) is 17.0. The minimum atomic E-state index is -3.70. The Kier molecular flexibility index (Phi) is 5.55. The van der Waals surface area contributed by atoms with E-state index in [9.17, 15) is 17.6 Å². The average Bonchev–Trinajstić information content (AvgIpc) is 3.00. The van der Waals surface area contributed by atoms with Gasteiger partial charge in [0.1, 0.15) is 5.82 Å². The summed E-state index contributed by atoms with van der Waals surface area (Å²) < 4.78 is 44.2. The van der Waals surface area contributed by atoms with Gasteiger partial charge in [-0.3, -0.25) is 0 Å². The Morgan fingerprint density at radius 1 is 1.43 bits per heavy atom. The molecule has 0 radical (unpaired) electrons. The molecule has 1 aliphatic rings. The highest BCUT2D eigenvalue weighted by molar-refractivity contribution is 7.89. The van der Waals surface area contributed by atoms with Crippen molar-refractivity contribution in [3.63, 3.8) is 0 Å². The summed E-state index contributed by atoms with van der Waals surface area (Å²) in [4.78, 5) is 11.7. The maximum absolute atomic E-state index is 13.8. The first-order chi connectivity index (χ1) is 10.8. The minimum Gasteiger partial charge on any atom is -0.376 e. The zero-order valence-corrected chi connectivity index (χ0v) is 13.8. The predicted octanol–water partition coefficient (Wildman–Crippen LogP) is 1.38. The molecule has 1 aliphatic heterocycles. The molecule has 0 aromatic heterocycles. The van der Waals surface area contributed by atoms with Crippen molar-refractivity contribution in [2.45, 2.75) is 23.8 Å². The minimum absolute atomic E-state index is 0.0361. The highest BCUT2D eigenvalue weighted by Gasteiger charge is 2.20. The molecule has 0 aliphatic carbocycles. The average molecular weight is 345 g/mol. The van der Waals surface area contributed by atoms with E-state index < -0.39 is 21.9 Å². The lowest BCUT2D eigenvalue weighted by atomic mass is 10.2. The third-order valence-corrected chi connectivity index (χ3v) is 5.29. The maximum Gasteiger partial charge on any atom is 0.319 e. The largest absolute Gasteiger partial charge is 0.376 e. The van der Waals surface area contributed by atoms with Gasteiger partial charge in [-0.2, -0.15) is 0 Å². The standard InChI is InChI=1S/C14H20FN3O4S/c1-18(2)23(20,21)11-5-6-12(15)13(8-11)17-14(19)16-9-10-4-3-7-22-10/h5-6,8,10H,3-4,7,9H2,1-2H3,(H2,16,17,19). The molecule has 128 valence electrons. The number of halogens is 1. The second-order valence-corrected chi connectivity index (χ2v) is 7.55. The van der Waals surface area contributed by atoms with Crippen molar-refractivity contribution in [3.8, 4) is 0 Å². The highest BCUT2D eigenvalue weighted by atomic mass is 32.2. The van der Waals surface area contributed by atoms with E-state index in [2.05, 4.69) is 10.6 Å². The van der Waals surface area contributed by atoms with Gasteiger partial charge in [0.25, 0.3) is 0 Å². The summed E-state index contributed by atoms with van der Waals surface area (Å²) in [6.07, 6.45) is 1.78. The molecule has 1 heterocycles. The second-order valence-electron chi connectivity index (χ2n) is 5.40. The number of carbonyl (C=O) groups excluding carboxylic acids is 1. The fourth-order valence-electron chi connectivity index (χ4n) is 2.15. The van der Waals surface area contributed by atoms with E-state index in [0.717, 1.165) is 35.3 Å². The van der Waals surface area contributed by atoms with Crippen molar-refractivity contribution < 1.29 is 22.3 Å². The van der Waals surface area contributed by atoms with Gasteiger partial charge in [-0.1, -0.05) is 0 Å². The molecule has 1 atom stereocenters. The predicted molar refractivity (Wildman–Crippen MR) is 83.3 cm³/mol. The first-order valence-electron chi connectivity index (χ1n) is 7.19. The Morgan fingerprint density at radius 3 is 2.78 bits per heavy atom. The van der Waals surface area contributed by atoms with Crippen molar-refractivity contribution >= 4 is 21.7 Å². The number of carbonyl (C=O) groups is 1. The summed E-state index contributed by atoms with van der Waals surface area (Å²) in [6, 6.07) is 2.64. The Morgan fingerprint density at radius 2 is 2.17 bits per heavy atom. The van der Waals surface area contributed by atoms with Gasteiger partial charge >= 0.3 is 6.03 Å². The Labute approximate surface area is 134 Å². The van der Waals surface area contributed by atoms with Gasteiger partial charge in [0.2, 0.25) is 10.0 Å². The van der Waals surface area contributed by atoms with E-state index in [1.54, 1.807) is 0 Å². The molecule has 23 heavy (non-hydrogen) atoms. The number of hydrogen-bond donors (Lipinski definition) is 2. The zero-order valence-electron chi connectivity index (χ0n) is 13.0. The summed E-state index contributed by atoms with van der Waals surface area (Å²) in [6.45, 7) is 0.996. The number of amides is 2. The molecule has 0 spiro atoms. The van der Waals surface area contributed by atoms with Gasteiger partial charge in [0.15, 0.2) is 0 Å². The van der Waals surface area contributed by atoms with Crippen LogP contribution in [0.1, 0.15) is 12.8 Å². The second kappa shape index (κ2) is 7.24. The summed E-state index contributed by atoms with van der Waals surface area (Å²) in [5, 5.41) is 4.90. The molecule has 1 saturated heterocycles. The Hall–Kier alpha value is -1.71. The maximum atomic E-state index is 13.8. The van der Waals surface area contributed by atoms with E-state index in [4.69, 9.17) is 4.74 Å². The molecule has 0 saturated carbocycles. The molecule has 1 aromatic rings. The van der Waals surface area contributed by atoms with Crippen LogP contribution in [0, 0.1) is 5.82 Å². The lowest BCUT2D eigenvalue weighted by molar-refractivity contribution is 0.112. The van der Waals surface area contributed by atoms with Crippen LogP contribution in [-0.2, 0) is 14.8 Å². The van der Waals surface area contributed by atoms with Crippen LogP contribution < -0.4 is 10.6 Å². The number of anilines is 1. The molecular weight excluding hydrogens is 325 g/mol. The number of ether oxygens (including phenoxy) is 1. The summed E-state index contributed by atoms with van der Waals surface area (Å²) in [5.41, 5.74) is -0.197. The van der Waals surface area contributed by atoms with Crippen LogP contribution in [0.3, 0.4) is 0 Å². The first kappa shape index (κ1) is 17.6. The van der Waals surface area contributed by atoms with Crippen molar-refractivity contribution in [1.82, 2.24) is 9.62 Å². The van der Waals surface area contributed by atoms with Gasteiger partial charge in [0, 0.05) is 27.2 Å². The van der Waals surface area contributed by atoms with Gasteiger partial charge < -0.3 is 15.4 Å². The molecule has 1 aromatic carbocycles. The Bertz CT molecular complexity index is 673. The molecule has 9 heteroatoms. The van der Waals surface area contributed by atoms with Crippen molar-refractivity contribution in [2.24, 2.45) is 0 Å². The third-order valence-electron chi connectivity index (χ3n) is 3.48. The van der Waals surface area contributed by atoms with E-state index in [1.807, 2.05) is 0 Å². The lowest BCUT2D eigenvalue weighted by Gasteiger charge is -2.14. The number of nitrogens with one attached hydrogen (secondary N) is 2. The SMILES string of the molecule is CN(C)S(=O)(=O)c1ccc(F)c(NC(=O)NCC2CCCO2)c1. The highest BCUT2D eigenvalue weighted by Crippen LogP contribution is 2.21. The monoisotopic (exact) mass is 345 g/mol. The molecule has 2 amide bonds. The van der Waals surface area contributed by atoms with E-state index in [1.165, 1.54) is 14.1 Å². The number of benzene rings is 1. The fraction of sp³-hybridized carbons (Fsp3) is 0.500. The van der Waals surface area contributed by atoms with E-state index in [-0.39, 0.29) is 16.7 Å². The molecule has 2 rings (SSSR count). The third kappa shape index (κ3) is 4.40. The summed E-state index contributed by atoms with van der Waals surface area (Å²) in [5.74, 6) is -0.713. The number of rotatable bonds is 5. The van der Waals surface area contributed by atoms with Gasteiger partial charge in [-0.15, -0.1) is 0 Å². The molecule has 7 nitrogen and oxygen atoms in total. The van der Waals surface area contributed by atoms with Crippen LogP contribution in [0.15, 0.2) is 23.1 Å². The number of sulfonamides is 1. The van der Waals surface area contributed by atoms with Crippen LogP contribution in [0.4, 0.5) is 14.9 Å². The number of urea groups is 1. The van der Waals surface area contributed by atoms with Crippen molar-refractivity contribution in [2.75, 3.05) is 32.6 Å². The van der Waals surface area contributed by atoms with E-state index >= 15 is 0 Å². The van der Waals surface area contributed by atoms with Gasteiger partial charge in [0.05, 0.1) is 16.7 Å². The number of hydrogen-bond acceptors (Lipinski definition) is 4. The van der Waals surface area contributed by atoms with Crippen LogP contribution in [0.2, 0.25) is 0 Å². The fourth-order valence-corrected chi connectivity index (χ4v) is 3.08. The first-order valence-corrected chi connectivity index (χ1v) is 8.63. The van der Waals surface area contributed by atoms with Crippen molar-refractivity contribution in [1.29, 1.82) is 0 Å². The van der Waals surface area contributed by atoms with Crippen LogP contribution in [-0.4, -0.2) is 52.1 Å². The van der Waals surface area contributed by atoms with Crippen LogP contribution >= 0.6 is 0 Å². The van der Waals surface area contributed by atoms with E-state index in [0.29, 0.717) is 13.2 Å². The quantitative estimate of drug-likeness (QED) is 0.844. The van der Waals surface area contributed by atoms with Crippen LogP contribution in [0.25, 0.3) is 0 Å². The molecular formula is C14H20FN3O4S. The molecule has 1 unspecified atom stereocenters. The smallest absolute Gasteiger partial charge is 0.319 e. The molecule has 0 bridgehead atoms. The van der Waals surface area contributed by atoms with Crippen molar-refractivity contribution in [3.05, 3.63) is 24.0 Å². The molecule has 1 fully saturated rings. The number of nitrogens with zero attached hydrogens (tertiary/aromatic N) is 1.